The number of hydrogen-bond donors (Lipinski definition) is 2. The van der Waals surface area contributed by atoms with Crippen molar-refractivity contribution in [3.8, 4) is 5.75 Å². The van der Waals surface area contributed by atoms with Gasteiger partial charge in [-0.05, 0) is 68.1 Å². The average molecular weight is 296 g/mol. The van der Waals surface area contributed by atoms with Gasteiger partial charge in [-0.25, -0.2) is 0 Å². The molecule has 1 aliphatic heterocycles. The van der Waals surface area contributed by atoms with Gasteiger partial charge in [0, 0.05) is 5.69 Å². The van der Waals surface area contributed by atoms with Crippen molar-refractivity contribution in [3.05, 3.63) is 59.7 Å². The molecule has 0 saturated carbocycles. The molecule has 3 rings (SSSR count). The minimum Gasteiger partial charge on any atom is -0.490 e. The zero-order valence-electron chi connectivity index (χ0n) is 12.9. The third-order valence-electron chi connectivity index (χ3n) is 4.25. The highest BCUT2D eigenvalue weighted by Crippen LogP contribution is 2.19. The second-order valence-electron chi connectivity index (χ2n) is 5.91. The van der Waals surface area contributed by atoms with E-state index in [1.54, 1.807) is 0 Å². The number of hydrogen-bond acceptors (Lipinski definition) is 3. The highest BCUT2D eigenvalue weighted by molar-refractivity contribution is 5.46. The highest BCUT2D eigenvalue weighted by atomic mass is 16.5. The molecule has 1 heterocycles. The number of anilines is 1. The van der Waals surface area contributed by atoms with Gasteiger partial charge in [0.05, 0.1) is 0 Å². The Hall–Kier alpha value is -2.00. The number of para-hydroxylation sites is 1. The molecule has 0 aliphatic carbocycles. The molecule has 0 spiro atoms. The molecule has 1 saturated heterocycles. The molecule has 3 nitrogen and oxygen atoms in total. The quantitative estimate of drug-likeness (QED) is 0.833. The summed E-state index contributed by atoms with van der Waals surface area (Å²) in [5.41, 5.74) is 9.41. The van der Waals surface area contributed by atoms with Gasteiger partial charge in [0.2, 0.25) is 0 Å². The van der Waals surface area contributed by atoms with Gasteiger partial charge in [0.15, 0.2) is 0 Å². The number of nitrogens with one attached hydrogen (secondary N) is 1. The lowest BCUT2D eigenvalue weighted by Crippen LogP contribution is -2.34. The van der Waals surface area contributed by atoms with E-state index in [4.69, 9.17) is 10.5 Å². The minimum atomic E-state index is 0.358. The van der Waals surface area contributed by atoms with Crippen LogP contribution in [0.5, 0.6) is 5.75 Å². The van der Waals surface area contributed by atoms with E-state index in [0.717, 1.165) is 50.2 Å². The molecule has 116 valence electrons. The second kappa shape index (κ2) is 7.32. The van der Waals surface area contributed by atoms with Crippen LogP contribution in [0.4, 0.5) is 5.69 Å². The van der Waals surface area contributed by atoms with E-state index in [-0.39, 0.29) is 0 Å². The Labute approximate surface area is 132 Å². The van der Waals surface area contributed by atoms with Gasteiger partial charge in [-0.2, -0.15) is 0 Å². The molecule has 0 atom stereocenters. The van der Waals surface area contributed by atoms with Crippen LogP contribution in [-0.2, 0) is 12.8 Å². The first-order chi connectivity index (χ1) is 10.8. The molecule has 0 unspecified atom stereocenters. The Bertz CT molecular complexity index is 589. The van der Waals surface area contributed by atoms with E-state index < -0.39 is 0 Å². The van der Waals surface area contributed by atoms with Gasteiger partial charge in [-0.1, -0.05) is 30.3 Å². The van der Waals surface area contributed by atoms with Crippen molar-refractivity contribution in [2.45, 2.75) is 31.8 Å². The topological polar surface area (TPSA) is 47.3 Å². The predicted octanol–water partition coefficient (Wildman–Crippen LogP) is 3.18. The zero-order valence-corrected chi connectivity index (χ0v) is 12.9. The first-order valence-electron chi connectivity index (χ1n) is 8.11. The largest absolute Gasteiger partial charge is 0.490 e. The fourth-order valence-corrected chi connectivity index (χ4v) is 2.88. The lowest BCUT2D eigenvalue weighted by molar-refractivity contribution is 0.162. The summed E-state index contributed by atoms with van der Waals surface area (Å²) in [7, 11) is 0. The van der Waals surface area contributed by atoms with Crippen LogP contribution in [0.15, 0.2) is 48.5 Å². The van der Waals surface area contributed by atoms with Crippen LogP contribution in [0, 0.1) is 0 Å². The molecule has 22 heavy (non-hydrogen) atoms. The van der Waals surface area contributed by atoms with Crippen LogP contribution in [0.25, 0.3) is 0 Å². The fourth-order valence-electron chi connectivity index (χ4n) is 2.88. The fraction of sp³-hybridized carbons (Fsp3) is 0.368. The Balaban J connectivity index is 1.54. The predicted molar refractivity (Wildman–Crippen MR) is 91.2 cm³/mol. The summed E-state index contributed by atoms with van der Waals surface area (Å²) >= 11 is 0. The van der Waals surface area contributed by atoms with Crippen LogP contribution < -0.4 is 15.8 Å². The van der Waals surface area contributed by atoms with Gasteiger partial charge in [-0.3, -0.25) is 0 Å². The number of nitrogen functional groups attached to an aromatic ring is 1. The van der Waals surface area contributed by atoms with Crippen molar-refractivity contribution in [3.63, 3.8) is 0 Å². The number of benzene rings is 2. The van der Waals surface area contributed by atoms with Crippen molar-refractivity contribution in [2.24, 2.45) is 0 Å². The van der Waals surface area contributed by atoms with Gasteiger partial charge in [0.1, 0.15) is 11.9 Å². The van der Waals surface area contributed by atoms with Crippen LogP contribution in [0.1, 0.15) is 24.0 Å². The van der Waals surface area contributed by atoms with Gasteiger partial charge < -0.3 is 15.8 Å². The molecule has 3 heteroatoms. The Morgan fingerprint density at radius 3 is 2.41 bits per heavy atom. The third kappa shape index (κ3) is 4.01. The van der Waals surface area contributed by atoms with E-state index in [2.05, 4.69) is 35.6 Å². The highest BCUT2D eigenvalue weighted by Gasteiger charge is 2.14. The summed E-state index contributed by atoms with van der Waals surface area (Å²) in [5, 5.41) is 3.36. The summed E-state index contributed by atoms with van der Waals surface area (Å²) in [6.07, 6.45) is 4.52. The first-order valence-corrected chi connectivity index (χ1v) is 8.11. The smallest absolute Gasteiger partial charge is 0.119 e. The molecule has 1 aliphatic rings. The molecule has 0 radical (unpaired) electrons. The van der Waals surface area contributed by atoms with Crippen molar-refractivity contribution in [1.82, 2.24) is 5.32 Å². The Kier molecular flexibility index (Phi) is 4.96. The molecule has 0 aromatic heterocycles. The second-order valence-corrected chi connectivity index (χ2v) is 5.91. The zero-order chi connectivity index (χ0) is 15.2. The lowest BCUT2D eigenvalue weighted by atomic mass is 10.0. The molecule has 1 fully saturated rings. The molecular formula is C19H24N2O. The van der Waals surface area contributed by atoms with E-state index in [1.807, 2.05) is 18.2 Å². The third-order valence-corrected chi connectivity index (χ3v) is 4.25. The van der Waals surface area contributed by atoms with E-state index in [0.29, 0.717) is 6.10 Å². The number of aryl methyl sites for hydroxylation is 2. The minimum absolute atomic E-state index is 0.358. The van der Waals surface area contributed by atoms with Crippen molar-refractivity contribution < 1.29 is 4.74 Å². The monoisotopic (exact) mass is 296 g/mol. The van der Waals surface area contributed by atoms with Crippen LogP contribution >= 0.6 is 0 Å². The molecule has 0 amide bonds. The Morgan fingerprint density at radius 2 is 1.68 bits per heavy atom. The molecule has 2 aromatic carbocycles. The summed E-state index contributed by atoms with van der Waals surface area (Å²) in [6, 6.07) is 16.6. The maximum Gasteiger partial charge on any atom is 0.119 e. The van der Waals surface area contributed by atoms with Crippen LogP contribution in [0.3, 0.4) is 0 Å². The standard InChI is InChI=1S/C19H24N2O/c20-19-4-2-1-3-16(19)8-5-15-6-9-17(10-7-15)22-18-11-13-21-14-12-18/h1-4,6-7,9-10,18,21H,5,8,11-14,20H2. The van der Waals surface area contributed by atoms with E-state index in [1.165, 1.54) is 11.1 Å². The van der Waals surface area contributed by atoms with Crippen LogP contribution in [0.2, 0.25) is 0 Å². The summed E-state index contributed by atoms with van der Waals surface area (Å²) in [4.78, 5) is 0. The van der Waals surface area contributed by atoms with Gasteiger partial charge in [-0.15, -0.1) is 0 Å². The average Bonchev–Trinajstić information content (AvgIpc) is 2.56. The van der Waals surface area contributed by atoms with Crippen molar-refractivity contribution >= 4 is 5.69 Å². The number of piperidine rings is 1. The summed E-state index contributed by atoms with van der Waals surface area (Å²) in [6.45, 7) is 2.11. The number of ether oxygens (including phenoxy) is 1. The lowest BCUT2D eigenvalue weighted by Gasteiger charge is -2.23. The van der Waals surface area contributed by atoms with Crippen LogP contribution in [-0.4, -0.2) is 19.2 Å². The van der Waals surface area contributed by atoms with E-state index in [9.17, 15) is 0 Å². The molecular weight excluding hydrogens is 272 g/mol. The normalized spacial score (nSPS) is 15.6. The first kappa shape index (κ1) is 14.9. The maximum atomic E-state index is 6.03. The summed E-state index contributed by atoms with van der Waals surface area (Å²) in [5.74, 6) is 0.981. The molecule has 3 N–H and O–H groups in total. The maximum absolute atomic E-state index is 6.03. The number of rotatable bonds is 5. The molecule has 0 bridgehead atoms. The summed E-state index contributed by atoms with van der Waals surface area (Å²) < 4.78 is 6.03. The van der Waals surface area contributed by atoms with Gasteiger partial charge >= 0.3 is 0 Å². The Morgan fingerprint density at radius 1 is 0.955 bits per heavy atom. The van der Waals surface area contributed by atoms with Crippen molar-refractivity contribution in [2.75, 3.05) is 18.8 Å². The van der Waals surface area contributed by atoms with Crippen molar-refractivity contribution in [1.29, 1.82) is 0 Å². The van der Waals surface area contributed by atoms with E-state index >= 15 is 0 Å². The SMILES string of the molecule is Nc1ccccc1CCc1ccc(OC2CCNCC2)cc1. The molecule has 2 aromatic rings. The number of nitrogens with two attached hydrogens (primary N) is 1. The van der Waals surface area contributed by atoms with Gasteiger partial charge in [0.25, 0.3) is 0 Å².